The van der Waals surface area contributed by atoms with E-state index in [0.29, 0.717) is 0 Å². The van der Waals surface area contributed by atoms with Crippen LogP contribution in [-0.4, -0.2) is 68.4 Å². The van der Waals surface area contributed by atoms with Crippen LogP contribution in [0.15, 0.2) is 0 Å². The summed E-state index contributed by atoms with van der Waals surface area (Å²) < 4.78 is 0. The summed E-state index contributed by atoms with van der Waals surface area (Å²) in [4.78, 5) is 21.2. The molecule has 16 heavy (non-hydrogen) atoms. The molecule has 0 aromatic heterocycles. The fraction of sp³-hybridized carbons (Fsp3) is 0.750. The Bertz CT molecular complexity index is 259. The van der Waals surface area contributed by atoms with E-state index in [2.05, 4.69) is 0 Å². The SMILES string of the molecule is CC(=O)N[C@](O)(C=O)[C@H](O)[C@@H](O)[C@@H](O)CO. The molecule has 0 saturated carbocycles. The molecule has 0 rings (SSSR count). The predicted octanol–water partition coefficient (Wildman–Crippen LogP) is -3.91. The maximum atomic E-state index is 10.7. The lowest BCUT2D eigenvalue weighted by Crippen LogP contribution is -2.63. The molecule has 0 fully saturated rings. The summed E-state index contributed by atoms with van der Waals surface area (Å²) in [6, 6.07) is 0. The van der Waals surface area contributed by atoms with Gasteiger partial charge in [-0.25, -0.2) is 0 Å². The summed E-state index contributed by atoms with van der Waals surface area (Å²) in [6.45, 7) is 0.100. The number of carbonyl (C=O) groups is 2. The van der Waals surface area contributed by atoms with E-state index < -0.39 is 36.6 Å². The highest BCUT2D eigenvalue weighted by Crippen LogP contribution is 2.11. The first-order valence-corrected chi connectivity index (χ1v) is 4.41. The summed E-state index contributed by atoms with van der Waals surface area (Å²) in [6.07, 6.45) is -6.11. The molecule has 0 aliphatic rings. The third-order valence-electron chi connectivity index (χ3n) is 1.91. The van der Waals surface area contributed by atoms with Crippen LogP contribution in [0.2, 0.25) is 0 Å². The molecule has 6 N–H and O–H groups in total. The molecule has 0 aromatic rings. The van der Waals surface area contributed by atoms with Crippen molar-refractivity contribution in [2.24, 2.45) is 0 Å². The second kappa shape index (κ2) is 5.87. The Balaban J connectivity index is 4.81. The van der Waals surface area contributed by atoms with Gasteiger partial charge in [-0.3, -0.25) is 9.59 Å². The Morgan fingerprint density at radius 3 is 2.25 bits per heavy atom. The summed E-state index contributed by atoms with van der Waals surface area (Å²) in [5.41, 5.74) is -2.72. The van der Waals surface area contributed by atoms with Gasteiger partial charge in [-0.05, 0) is 0 Å². The van der Waals surface area contributed by atoms with Gasteiger partial charge in [0, 0.05) is 6.92 Å². The third kappa shape index (κ3) is 3.51. The minimum Gasteiger partial charge on any atom is -0.394 e. The molecule has 0 radical (unpaired) electrons. The number of aldehydes is 1. The van der Waals surface area contributed by atoms with Crippen molar-refractivity contribution >= 4 is 12.2 Å². The normalized spacial score (nSPS) is 20.4. The molecule has 0 aromatic carbocycles. The van der Waals surface area contributed by atoms with E-state index in [1.807, 2.05) is 0 Å². The summed E-state index contributed by atoms with van der Waals surface area (Å²) in [5, 5.41) is 47.3. The Morgan fingerprint density at radius 2 is 1.94 bits per heavy atom. The van der Waals surface area contributed by atoms with Crippen LogP contribution in [0.1, 0.15) is 6.92 Å². The van der Waals surface area contributed by atoms with E-state index in [4.69, 9.17) is 10.2 Å². The number of carbonyl (C=O) groups excluding carboxylic acids is 2. The number of hydrogen-bond acceptors (Lipinski definition) is 7. The molecule has 0 heterocycles. The van der Waals surface area contributed by atoms with Crippen molar-refractivity contribution in [2.75, 3.05) is 6.61 Å². The van der Waals surface area contributed by atoms with Gasteiger partial charge < -0.3 is 30.8 Å². The minimum atomic E-state index is -2.72. The van der Waals surface area contributed by atoms with E-state index in [0.717, 1.165) is 6.92 Å². The summed E-state index contributed by atoms with van der Waals surface area (Å²) >= 11 is 0. The lowest BCUT2D eigenvalue weighted by molar-refractivity contribution is -0.176. The van der Waals surface area contributed by atoms with Crippen molar-refractivity contribution in [3.63, 3.8) is 0 Å². The molecule has 0 saturated heterocycles. The maximum Gasteiger partial charge on any atom is 0.224 e. The van der Waals surface area contributed by atoms with Crippen LogP contribution in [0.25, 0.3) is 0 Å². The standard InChI is InChI=1S/C8H15NO7/c1-4(12)9-8(16,3-11)7(15)6(14)5(13)2-10/h3,5-7,10,13-16H,2H2,1H3,(H,9,12)/t5-,6-,7+,8-/m0/s1. The molecular formula is C8H15NO7. The van der Waals surface area contributed by atoms with Gasteiger partial charge in [0.2, 0.25) is 11.6 Å². The number of hydrogen-bond donors (Lipinski definition) is 6. The Hall–Kier alpha value is -1.06. The van der Waals surface area contributed by atoms with Crippen LogP contribution in [-0.2, 0) is 9.59 Å². The molecule has 0 unspecified atom stereocenters. The fourth-order valence-corrected chi connectivity index (χ4v) is 1.03. The molecule has 1 amide bonds. The van der Waals surface area contributed by atoms with Crippen molar-refractivity contribution in [3.05, 3.63) is 0 Å². The summed E-state index contributed by atoms with van der Waals surface area (Å²) in [5.74, 6) is -0.820. The first kappa shape index (κ1) is 14.9. The van der Waals surface area contributed by atoms with Crippen molar-refractivity contribution in [1.29, 1.82) is 0 Å². The van der Waals surface area contributed by atoms with E-state index in [9.17, 15) is 24.9 Å². The van der Waals surface area contributed by atoms with Crippen molar-refractivity contribution < 1.29 is 35.1 Å². The largest absolute Gasteiger partial charge is 0.394 e. The highest BCUT2D eigenvalue weighted by Gasteiger charge is 2.43. The van der Waals surface area contributed by atoms with E-state index in [1.165, 1.54) is 0 Å². The highest BCUT2D eigenvalue weighted by molar-refractivity contribution is 5.79. The molecule has 0 bridgehead atoms. The van der Waals surface area contributed by atoms with Crippen molar-refractivity contribution in [2.45, 2.75) is 31.0 Å². The highest BCUT2D eigenvalue weighted by atomic mass is 16.4. The fourth-order valence-electron chi connectivity index (χ4n) is 1.03. The lowest BCUT2D eigenvalue weighted by Gasteiger charge is -2.32. The smallest absolute Gasteiger partial charge is 0.224 e. The lowest BCUT2D eigenvalue weighted by atomic mass is 9.99. The zero-order chi connectivity index (χ0) is 12.9. The van der Waals surface area contributed by atoms with Crippen LogP contribution in [0.4, 0.5) is 0 Å². The molecular weight excluding hydrogens is 222 g/mol. The Labute approximate surface area is 91.1 Å². The Kier molecular flexibility index (Phi) is 5.48. The number of rotatable bonds is 6. The zero-order valence-electron chi connectivity index (χ0n) is 8.57. The first-order chi connectivity index (χ1) is 7.28. The number of amides is 1. The average molecular weight is 237 g/mol. The average Bonchev–Trinajstić information content (AvgIpc) is 2.24. The molecule has 94 valence electrons. The monoisotopic (exact) mass is 237 g/mol. The van der Waals surface area contributed by atoms with Gasteiger partial charge in [0.1, 0.15) is 18.3 Å². The van der Waals surface area contributed by atoms with Gasteiger partial charge in [0.25, 0.3) is 0 Å². The molecule has 0 spiro atoms. The third-order valence-corrected chi connectivity index (χ3v) is 1.91. The van der Waals surface area contributed by atoms with Gasteiger partial charge >= 0.3 is 0 Å². The molecule has 0 aliphatic carbocycles. The molecule has 8 heteroatoms. The first-order valence-electron chi connectivity index (χ1n) is 4.41. The number of aliphatic hydroxyl groups is 5. The van der Waals surface area contributed by atoms with Crippen LogP contribution in [0, 0.1) is 0 Å². The second-order valence-electron chi connectivity index (χ2n) is 3.31. The van der Waals surface area contributed by atoms with Crippen LogP contribution >= 0.6 is 0 Å². The second-order valence-corrected chi connectivity index (χ2v) is 3.31. The topological polar surface area (TPSA) is 147 Å². The van der Waals surface area contributed by atoms with Crippen LogP contribution in [0.5, 0.6) is 0 Å². The number of nitrogens with one attached hydrogen (secondary N) is 1. The number of aliphatic hydroxyl groups excluding tert-OH is 4. The predicted molar refractivity (Wildman–Crippen MR) is 49.9 cm³/mol. The van der Waals surface area contributed by atoms with Crippen LogP contribution in [0.3, 0.4) is 0 Å². The molecule has 4 atom stereocenters. The van der Waals surface area contributed by atoms with Gasteiger partial charge in [0.15, 0.2) is 6.29 Å². The van der Waals surface area contributed by atoms with Gasteiger partial charge in [0.05, 0.1) is 6.61 Å². The Morgan fingerprint density at radius 1 is 1.44 bits per heavy atom. The maximum absolute atomic E-state index is 10.7. The van der Waals surface area contributed by atoms with Gasteiger partial charge in [-0.15, -0.1) is 0 Å². The minimum absolute atomic E-state index is 0.188. The van der Waals surface area contributed by atoms with E-state index in [1.54, 1.807) is 5.32 Å². The van der Waals surface area contributed by atoms with Gasteiger partial charge in [-0.1, -0.05) is 0 Å². The molecule has 0 aliphatic heterocycles. The quantitative estimate of drug-likeness (QED) is 0.204. The zero-order valence-corrected chi connectivity index (χ0v) is 8.57. The van der Waals surface area contributed by atoms with Crippen molar-refractivity contribution in [3.8, 4) is 0 Å². The van der Waals surface area contributed by atoms with E-state index >= 15 is 0 Å². The molecule has 8 nitrogen and oxygen atoms in total. The van der Waals surface area contributed by atoms with Crippen LogP contribution < -0.4 is 5.32 Å². The van der Waals surface area contributed by atoms with Gasteiger partial charge in [-0.2, -0.15) is 0 Å². The van der Waals surface area contributed by atoms with E-state index in [-0.39, 0.29) is 6.29 Å². The van der Waals surface area contributed by atoms with Crippen molar-refractivity contribution in [1.82, 2.24) is 5.32 Å². The summed E-state index contributed by atoms with van der Waals surface area (Å²) in [7, 11) is 0.